The minimum atomic E-state index is -0.332. The molecule has 0 fully saturated rings. The van der Waals surface area contributed by atoms with Crippen molar-refractivity contribution in [2.24, 2.45) is 0 Å². The van der Waals surface area contributed by atoms with E-state index in [0.717, 1.165) is 6.29 Å². The molecular weight excluding hydrogens is 298 g/mol. The summed E-state index contributed by atoms with van der Waals surface area (Å²) >= 11 is 0. The largest absolute Gasteiger partial charge is 0.484 e. The number of H-pyrrole nitrogens is 2. The molecule has 3 aromatic rings. The van der Waals surface area contributed by atoms with E-state index in [2.05, 4.69) is 15.3 Å². The Bertz CT molecular complexity index is 909. The summed E-state index contributed by atoms with van der Waals surface area (Å²) in [5.41, 5.74) is 2.07. The molecule has 1 amide bonds. The zero-order valence-corrected chi connectivity index (χ0v) is 12.0. The van der Waals surface area contributed by atoms with Crippen molar-refractivity contribution in [3.8, 4) is 5.75 Å². The molecule has 3 N–H and O–H groups in total. The van der Waals surface area contributed by atoms with Gasteiger partial charge >= 0.3 is 5.69 Å². The van der Waals surface area contributed by atoms with E-state index in [4.69, 9.17) is 4.74 Å². The number of aldehydes is 1. The summed E-state index contributed by atoms with van der Waals surface area (Å²) < 4.78 is 5.34. The van der Waals surface area contributed by atoms with E-state index in [1.807, 2.05) is 0 Å². The highest BCUT2D eigenvalue weighted by molar-refractivity contribution is 5.93. The van der Waals surface area contributed by atoms with Gasteiger partial charge in [0.1, 0.15) is 12.0 Å². The summed E-state index contributed by atoms with van der Waals surface area (Å²) in [5.74, 6) is 0.165. The first kappa shape index (κ1) is 14.6. The molecule has 0 aliphatic rings. The number of nitrogens with one attached hydrogen (secondary N) is 3. The van der Waals surface area contributed by atoms with Gasteiger partial charge in [0.15, 0.2) is 6.61 Å². The van der Waals surface area contributed by atoms with Gasteiger partial charge in [0, 0.05) is 11.3 Å². The first-order chi connectivity index (χ1) is 11.1. The van der Waals surface area contributed by atoms with Crippen LogP contribution in [0.25, 0.3) is 11.0 Å². The number of hydrogen-bond donors (Lipinski definition) is 3. The van der Waals surface area contributed by atoms with Crippen LogP contribution in [0.4, 0.5) is 5.69 Å². The van der Waals surface area contributed by atoms with Crippen LogP contribution in [0.3, 0.4) is 0 Å². The van der Waals surface area contributed by atoms with Gasteiger partial charge in [-0.3, -0.25) is 9.59 Å². The first-order valence-corrected chi connectivity index (χ1v) is 6.84. The van der Waals surface area contributed by atoms with Crippen LogP contribution in [0.1, 0.15) is 10.4 Å². The van der Waals surface area contributed by atoms with E-state index in [-0.39, 0.29) is 18.2 Å². The van der Waals surface area contributed by atoms with E-state index in [0.29, 0.717) is 28.0 Å². The Balaban J connectivity index is 1.61. The van der Waals surface area contributed by atoms with Gasteiger partial charge in [-0.1, -0.05) is 0 Å². The highest BCUT2D eigenvalue weighted by atomic mass is 16.5. The molecule has 2 aromatic carbocycles. The van der Waals surface area contributed by atoms with Crippen molar-refractivity contribution in [1.82, 2.24) is 9.97 Å². The molecule has 0 aliphatic heterocycles. The second-order valence-electron chi connectivity index (χ2n) is 4.86. The molecule has 0 radical (unpaired) electrons. The zero-order valence-electron chi connectivity index (χ0n) is 12.0. The highest BCUT2D eigenvalue weighted by Crippen LogP contribution is 2.15. The predicted octanol–water partition coefficient (Wildman–Crippen LogP) is 1.69. The third-order valence-electron chi connectivity index (χ3n) is 3.19. The number of aromatic amines is 2. The molecule has 0 bridgehead atoms. The van der Waals surface area contributed by atoms with Gasteiger partial charge in [-0.15, -0.1) is 0 Å². The molecule has 0 atom stereocenters. The molecule has 0 saturated carbocycles. The van der Waals surface area contributed by atoms with Crippen LogP contribution >= 0.6 is 0 Å². The Kier molecular flexibility index (Phi) is 3.92. The third kappa shape index (κ3) is 3.46. The van der Waals surface area contributed by atoms with Gasteiger partial charge in [0.2, 0.25) is 0 Å². The zero-order chi connectivity index (χ0) is 16.2. The Labute approximate surface area is 130 Å². The molecule has 0 unspecified atom stereocenters. The van der Waals surface area contributed by atoms with Crippen molar-refractivity contribution >= 4 is 28.9 Å². The van der Waals surface area contributed by atoms with E-state index in [9.17, 15) is 14.4 Å². The molecule has 23 heavy (non-hydrogen) atoms. The maximum absolute atomic E-state index is 11.9. The second kappa shape index (κ2) is 6.18. The number of carbonyl (C=O) groups is 2. The number of ether oxygens (including phenoxy) is 1. The van der Waals surface area contributed by atoms with E-state index in [1.54, 1.807) is 42.5 Å². The molecule has 1 aromatic heterocycles. The fraction of sp³-hybridized carbons (Fsp3) is 0.0625. The number of carbonyl (C=O) groups excluding carboxylic acids is 2. The summed E-state index contributed by atoms with van der Waals surface area (Å²) in [7, 11) is 0. The van der Waals surface area contributed by atoms with Gasteiger partial charge in [-0.05, 0) is 42.5 Å². The van der Waals surface area contributed by atoms with Crippen molar-refractivity contribution < 1.29 is 14.3 Å². The molecule has 0 spiro atoms. The topological polar surface area (TPSA) is 104 Å². The van der Waals surface area contributed by atoms with Gasteiger partial charge in [0.25, 0.3) is 5.91 Å². The van der Waals surface area contributed by atoms with Crippen LogP contribution in [0.5, 0.6) is 5.75 Å². The van der Waals surface area contributed by atoms with Gasteiger partial charge in [-0.2, -0.15) is 0 Å². The molecule has 7 heteroatoms. The lowest BCUT2D eigenvalue weighted by Crippen LogP contribution is -2.20. The fourth-order valence-corrected chi connectivity index (χ4v) is 2.10. The molecule has 1 heterocycles. The van der Waals surface area contributed by atoms with Crippen LogP contribution < -0.4 is 15.7 Å². The first-order valence-electron chi connectivity index (χ1n) is 6.84. The number of amides is 1. The van der Waals surface area contributed by atoms with Crippen LogP contribution in [0, 0.1) is 0 Å². The van der Waals surface area contributed by atoms with Crippen molar-refractivity contribution in [2.45, 2.75) is 0 Å². The Morgan fingerprint density at radius 1 is 1.09 bits per heavy atom. The van der Waals surface area contributed by atoms with Crippen molar-refractivity contribution in [1.29, 1.82) is 0 Å². The predicted molar refractivity (Wildman–Crippen MR) is 84.9 cm³/mol. The lowest BCUT2D eigenvalue weighted by molar-refractivity contribution is -0.118. The molecule has 7 nitrogen and oxygen atoms in total. The standard InChI is InChI=1S/C16H13N3O4/c20-8-10-1-4-12(5-2-10)23-9-15(21)17-11-3-6-13-14(7-11)19-16(22)18-13/h1-8H,9H2,(H,17,21)(H2,18,19,22). The Morgan fingerprint density at radius 2 is 1.83 bits per heavy atom. The normalized spacial score (nSPS) is 10.4. The average Bonchev–Trinajstić information content (AvgIpc) is 2.92. The van der Waals surface area contributed by atoms with E-state index < -0.39 is 0 Å². The van der Waals surface area contributed by atoms with Gasteiger partial charge < -0.3 is 20.0 Å². The highest BCUT2D eigenvalue weighted by Gasteiger charge is 2.06. The van der Waals surface area contributed by atoms with Gasteiger partial charge in [0.05, 0.1) is 11.0 Å². The Morgan fingerprint density at radius 3 is 2.57 bits per heavy atom. The number of benzene rings is 2. The van der Waals surface area contributed by atoms with Crippen LogP contribution in [0.15, 0.2) is 47.3 Å². The van der Waals surface area contributed by atoms with Crippen LogP contribution in [-0.4, -0.2) is 28.8 Å². The maximum atomic E-state index is 11.9. The quantitative estimate of drug-likeness (QED) is 0.624. The number of hydrogen-bond acceptors (Lipinski definition) is 4. The maximum Gasteiger partial charge on any atom is 0.323 e. The number of anilines is 1. The summed E-state index contributed by atoms with van der Waals surface area (Å²) in [6, 6.07) is 11.5. The molecule has 116 valence electrons. The average molecular weight is 311 g/mol. The SMILES string of the molecule is O=Cc1ccc(OCC(=O)Nc2ccc3[nH]c(=O)[nH]c3c2)cc1. The van der Waals surface area contributed by atoms with E-state index in [1.165, 1.54) is 0 Å². The second-order valence-corrected chi connectivity index (χ2v) is 4.86. The van der Waals surface area contributed by atoms with Gasteiger partial charge in [-0.25, -0.2) is 4.79 Å². The molecule has 0 saturated heterocycles. The smallest absolute Gasteiger partial charge is 0.323 e. The molecular formula is C16H13N3O4. The van der Waals surface area contributed by atoms with Crippen LogP contribution in [-0.2, 0) is 4.79 Å². The van der Waals surface area contributed by atoms with Crippen molar-refractivity contribution in [3.05, 3.63) is 58.5 Å². The minimum Gasteiger partial charge on any atom is -0.484 e. The summed E-state index contributed by atoms with van der Waals surface area (Å²) in [5, 5.41) is 2.68. The number of imidazole rings is 1. The lowest BCUT2D eigenvalue weighted by atomic mass is 10.2. The molecule has 3 rings (SSSR count). The lowest BCUT2D eigenvalue weighted by Gasteiger charge is -2.07. The summed E-state index contributed by atoms with van der Waals surface area (Å²) in [6.07, 6.45) is 0.734. The number of rotatable bonds is 5. The van der Waals surface area contributed by atoms with Crippen LogP contribution in [0.2, 0.25) is 0 Å². The number of aromatic nitrogens is 2. The van der Waals surface area contributed by atoms with Crippen molar-refractivity contribution in [2.75, 3.05) is 11.9 Å². The summed E-state index contributed by atoms with van der Waals surface area (Å²) in [4.78, 5) is 38.9. The molecule has 0 aliphatic carbocycles. The summed E-state index contributed by atoms with van der Waals surface area (Å²) in [6.45, 7) is -0.165. The van der Waals surface area contributed by atoms with E-state index >= 15 is 0 Å². The minimum absolute atomic E-state index is 0.165. The van der Waals surface area contributed by atoms with Crippen molar-refractivity contribution in [3.63, 3.8) is 0 Å². The third-order valence-corrected chi connectivity index (χ3v) is 3.19. The number of fused-ring (bicyclic) bond motifs is 1. The monoisotopic (exact) mass is 311 g/mol. The fourth-order valence-electron chi connectivity index (χ4n) is 2.10. The Hall–Kier alpha value is -3.35.